The average Bonchev–Trinajstić information content (AvgIpc) is 2.37. The van der Waals surface area contributed by atoms with Crippen molar-refractivity contribution < 1.29 is 0 Å². The number of rotatable bonds is 7. The van der Waals surface area contributed by atoms with Crippen LogP contribution >= 0.6 is 0 Å². The minimum absolute atomic E-state index is 0.235. The predicted molar refractivity (Wildman–Crippen MR) is 80.7 cm³/mol. The van der Waals surface area contributed by atoms with Crippen molar-refractivity contribution in [3.8, 4) is 0 Å². The maximum Gasteiger partial charge on any atom is 0.135 e. The first-order chi connectivity index (χ1) is 9.18. The van der Waals surface area contributed by atoms with Gasteiger partial charge in [0.1, 0.15) is 18.0 Å². The van der Waals surface area contributed by atoms with Crippen molar-refractivity contribution in [2.75, 3.05) is 17.2 Å². The van der Waals surface area contributed by atoms with Gasteiger partial charge in [0.05, 0.1) is 0 Å². The third-order valence-corrected chi connectivity index (χ3v) is 3.87. The van der Waals surface area contributed by atoms with Crippen LogP contribution in [0.25, 0.3) is 0 Å². The summed E-state index contributed by atoms with van der Waals surface area (Å²) in [7, 11) is 0. The Balaban J connectivity index is 2.20. The molecule has 4 heteroatoms. The topological polar surface area (TPSA) is 49.8 Å². The molecule has 1 heterocycles. The first-order valence-electron chi connectivity index (χ1n) is 7.54. The molecule has 0 spiro atoms. The van der Waals surface area contributed by atoms with Crippen LogP contribution in [0.2, 0.25) is 0 Å². The van der Waals surface area contributed by atoms with Crippen molar-refractivity contribution in [3.63, 3.8) is 0 Å². The summed E-state index contributed by atoms with van der Waals surface area (Å²) in [4.78, 5) is 8.88. The van der Waals surface area contributed by atoms with Gasteiger partial charge in [0.25, 0.3) is 0 Å². The SMILES string of the molecule is CCCNc1ncnc(NC2(C)CCC2)c1CCC. The molecule has 0 amide bonds. The van der Waals surface area contributed by atoms with E-state index in [2.05, 4.69) is 41.4 Å². The van der Waals surface area contributed by atoms with Gasteiger partial charge < -0.3 is 10.6 Å². The van der Waals surface area contributed by atoms with E-state index in [4.69, 9.17) is 0 Å². The van der Waals surface area contributed by atoms with Crippen LogP contribution in [0.15, 0.2) is 6.33 Å². The zero-order valence-corrected chi connectivity index (χ0v) is 12.4. The summed E-state index contributed by atoms with van der Waals surface area (Å²) in [5.74, 6) is 2.03. The van der Waals surface area contributed by atoms with Crippen molar-refractivity contribution in [3.05, 3.63) is 11.9 Å². The van der Waals surface area contributed by atoms with E-state index in [-0.39, 0.29) is 5.54 Å². The molecule has 0 unspecified atom stereocenters. The van der Waals surface area contributed by atoms with Crippen LogP contribution in [0, 0.1) is 0 Å². The second kappa shape index (κ2) is 6.22. The Labute approximate surface area is 116 Å². The van der Waals surface area contributed by atoms with Gasteiger partial charge in [-0.3, -0.25) is 0 Å². The molecule has 1 aliphatic rings. The maximum absolute atomic E-state index is 4.47. The summed E-state index contributed by atoms with van der Waals surface area (Å²) in [6, 6.07) is 0. The Morgan fingerprint density at radius 2 is 1.89 bits per heavy atom. The van der Waals surface area contributed by atoms with Crippen LogP contribution in [-0.2, 0) is 6.42 Å². The van der Waals surface area contributed by atoms with Crippen molar-refractivity contribution in [1.82, 2.24) is 9.97 Å². The molecule has 106 valence electrons. The molecule has 0 aromatic carbocycles. The van der Waals surface area contributed by atoms with Gasteiger partial charge in [-0.2, -0.15) is 0 Å². The maximum atomic E-state index is 4.47. The molecule has 0 saturated heterocycles. The number of nitrogens with one attached hydrogen (secondary N) is 2. The summed E-state index contributed by atoms with van der Waals surface area (Å²) in [6.07, 6.45) is 8.70. The lowest BCUT2D eigenvalue weighted by molar-refractivity contribution is 0.305. The van der Waals surface area contributed by atoms with E-state index in [0.717, 1.165) is 37.4 Å². The molecule has 1 aliphatic carbocycles. The largest absolute Gasteiger partial charge is 0.370 e. The molecule has 1 saturated carbocycles. The molecule has 2 N–H and O–H groups in total. The highest BCUT2D eigenvalue weighted by molar-refractivity contribution is 5.58. The van der Waals surface area contributed by atoms with Gasteiger partial charge in [0, 0.05) is 17.6 Å². The Morgan fingerprint density at radius 1 is 1.16 bits per heavy atom. The first-order valence-corrected chi connectivity index (χ1v) is 7.54. The van der Waals surface area contributed by atoms with Gasteiger partial charge in [-0.15, -0.1) is 0 Å². The van der Waals surface area contributed by atoms with Crippen molar-refractivity contribution in [1.29, 1.82) is 0 Å². The minimum Gasteiger partial charge on any atom is -0.370 e. The molecule has 1 aromatic rings. The third-order valence-electron chi connectivity index (χ3n) is 3.87. The summed E-state index contributed by atoms with van der Waals surface area (Å²) in [6.45, 7) is 7.62. The van der Waals surface area contributed by atoms with Crippen LogP contribution in [0.1, 0.15) is 58.4 Å². The number of anilines is 2. The first kappa shape index (κ1) is 14.1. The van der Waals surface area contributed by atoms with Crippen LogP contribution in [0.5, 0.6) is 0 Å². The van der Waals surface area contributed by atoms with Gasteiger partial charge in [0.15, 0.2) is 0 Å². The quantitative estimate of drug-likeness (QED) is 0.788. The summed E-state index contributed by atoms with van der Waals surface area (Å²) < 4.78 is 0. The number of nitrogens with zero attached hydrogens (tertiary/aromatic N) is 2. The molecule has 1 fully saturated rings. The van der Waals surface area contributed by atoms with E-state index in [1.807, 2.05) is 0 Å². The Bertz CT molecular complexity index is 413. The van der Waals surface area contributed by atoms with Crippen molar-refractivity contribution in [2.24, 2.45) is 0 Å². The zero-order valence-electron chi connectivity index (χ0n) is 12.4. The molecule has 0 aliphatic heterocycles. The number of hydrogen-bond donors (Lipinski definition) is 2. The molecule has 2 rings (SSSR count). The lowest BCUT2D eigenvalue weighted by atomic mass is 9.78. The van der Waals surface area contributed by atoms with Gasteiger partial charge >= 0.3 is 0 Å². The van der Waals surface area contributed by atoms with E-state index < -0.39 is 0 Å². The lowest BCUT2D eigenvalue weighted by Gasteiger charge is -2.40. The van der Waals surface area contributed by atoms with Crippen LogP contribution in [0.3, 0.4) is 0 Å². The van der Waals surface area contributed by atoms with Crippen LogP contribution < -0.4 is 10.6 Å². The summed E-state index contributed by atoms with van der Waals surface area (Å²) in [5.41, 5.74) is 1.48. The minimum atomic E-state index is 0.235. The fourth-order valence-corrected chi connectivity index (χ4v) is 2.52. The van der Waals surface area contributed by atoms with E-state index in [0.29, 0.717) is 0 Å². The molecule has 1 aromatic heterocycles. The highest BCUT2D eigenvalue weighted by Gasteiger charge is 2.32. The van der Waals surface area contributed by atoms with Crippen LogP contribution in [-0.4, -0.2) is 22.1 Å². The molecule has 4 nitrogen and oxygen atoms in total. The van der Waals surface area contributed by atoms with Gasteiger partial charge in [-0.1, -0.05) is 20.3 Å². The molecule has 0 radical (unpaired) electrons. The molecule has 19 heavy (non-hydrogen) atoms. The molecular weight excluding hydrogens is 236 g/mol. The fraction of sp³-hybridized carbons (Fsp3) is 0.733. The second-order valence-corrected chi connectivity index (χ2v) is 5.77. The normalized spacial score (nSPS) is 16.8. The smallest absolute Gasteiger partial charge is 0.135 e. The molecule has 0 atom stereocenters. The Morgan fingerprint density at radius 3 is 2.47 bits per heavy atom. The fourth-order valence-electron chi connectivity index (χ4n) is 2.52. The number of hydrogen-bond acceptors (Lipinski definition) is 4. The van der Waals surface area contributed by atoms with E-state index in [1.54, 1.807) is 6.33 Å². The van der Waals surface area contributed by atoms with Crippen molar-refractivity contribution in [2.45, 2.75) is 64.8 Å². The second-order valence-electron chi connectivity index (χ2n) is 5.77. The predicted octanol–water partition coefficient (Wildman–Crippen LogP) is 3.61. The average molecular weight is 262 g/mol. The highest BCUT2D eigenvalue weighted by Crippen LogP contribution is 2.35. The van der Waals surface area contributed by atoms with Crippen molar-refractivity contribution >= 4 is 11.6 Å². The van der Waals surface area contributed by atoms with E-state index >= 15 is 0 Å². The van der Waals surface area contributed by atoms with Gasteiger partial charge in [-0.25, -0.2) is 9.97 Å². The Kier molecular flexibility index (Phi) is 4.61. The lowest BCUT2D eigenvalue weighted by Crippen LogP contribution is -2.42. The van der Waals surface area contributed by atoms with Gasteiger partial charge in [-0.05, 0) is 39.0 Å². The third kappa shape index (κ3) is 3.37. The zero-order chi connectivity index (χ0) is 13.7. The Hall–Kier alpha value is -1.32. The monoisotopic (exact) mass is 262 g/mol. The highest BCUT2D eigenvalue weighted by atomic mass is 15.1. The van der Waals surface area contributed by atoms with Crippen LogP contribution in [0.4, 0.5) is 11.6 Å². The van der Waals surface area contributed by atoms with E-state index in [1.165, 1.54) is 24.8 Å². The summed E-state index contributed by atoms with van der Waals surface area (Å²) in [5, 5.41) is 7.05. The standard InChI is InChI=1S/C15H26N4/c1-4-7-12-13(16-10-5-2)17-11-18-14(12)19-15(3)8-6-9-15/h11H,4-10H2,1-3H3,(H2,16,17,18,19). The summed E-state index contributed by atoms with van der Waals surface area (Å²) >= 11 is 0. The molecular formula is C15H26N4. The molecule has 0 bridgehead atoms. The van der Waals surface area contributed by atoms with Gasteiger partial charge in [0.2, 0.25) is 0 Å². The number of aromatic nitrogens is 2. The van der Waals surface area contributed by atoms with E-state index in [9.17, 15) is 0 Å².